The lowest BCUT2D eigenvalue weighted by Crippen LogP contribution is -2.52. The first-order valence-electron chi connectivity index (χ1n) is 13.5. The van der Waals surface area contributed by atoms with Gasteiger partial charge in [-0.15, -0.1) is 0 Å². The van der Waals surface area contributed by atoms with Crippen molar-refractivity contribution in [1.82, 2.24) is 14.7 Å². The van der Waals surface area contributed by atoms with Crippen LogP contribution in [0.4, 0.5) is 4.79 Å². The molecule has 6 rings (SSSR count). The summed E-state index contributed by atoms with van der Waals surface area (Å²) in [5, 5.41) is 0. The zero-order chi connectivity index (χ0) is 25.9. The number of fused-ring (bicyclic) bond motifs is 2. The quantitative estimate of drug-likeness (QED) is 0.527. The highest BCUT2D eigenvalue weighted by molar-refractivity contribution is 5.95. The molecule has 3 heterocycles. The van der Waals surface area contributed by atoms with Crippen molar-refractivity contribution in [2.45, 2.75) is 32.0 Å². The predicted octanol–water partition coefficient (Wildman–Crippen LogP) is 4.14. The van der Waals surface area contributed by atoms with Crippen LogP contribution < -0.4 is 4.74 Å². The van der Waals surface area contributed by atoms with Crippen LogP contribution in [0.2, 0.25) is 0 Å². The molecule has 1 atom stereocenters. The fourth-order valence-corrected chi connectivity index (χ4v) is 5.74. The van der Waals surface area contributed by atoms with Crippen LogP contribution in [0.5, 0.6) is 5.75 Å². The minimum absolute atomic E-state index is 0.0459. The number of morpholine rings is 1. The molecule has 3 aliphatic heterocycles. The number of carbonyl (C=O) groups is 2. The van der Waals surface area contributed by atoms with E-state index >= 15 is 0 Å². The second-order valence-corrected chi connectivity index (χ2v) is 10.3. The molecule has 3 aliphatic rings. The van der Waals surface area contributed by atoms with Gasteiger partial charge >= 0.3 is 6.09 Å². The minimum atomic E-state index is -0.364. The van der Waals surface area contributed by atoms with E-state index in [-0.39, 0.29) is 18.0 Å². The molecule has 0 bridgehead atoms. The molecule has 7 nitrogen and oxygen atoms in total. The van der Waals surface area contributed by atoms with Gasteiger partial charge in [0.15, 0.2) is 0 Å². The Bertz CT molecular complexity index is 1310. The second kappa shape index (κ2) is 11.0. The second-order valence-electron chi connectivity index (χ2n) is 10.3. The lowest BCUT2D eigenvalue weighted by molar-refractivity contribution is 0.0193. The Balaban J connectivity index is 1.21. The smallest absolute Gasteiger partial charge is 0.410 e. The molecular weight excluding hydrogens is 478 g/mol. The van der Waals surface area contributed by atoms with E-state index in [2.05, 4.69) is 29.2 Å². The maximum atomic E-state index is 14.0. The highest BCUT2D eigenvalue weighted by Crippen LogP contribution is 2.28. The molecule has 3 aromatic carbocycles. The Hall–Kier alpha value is -3.68. The van der Waals surface area contributed by atoms with Gasteiger partial charge in [0.2, 0.25) is 0 Å². The normalized spacial score (nSPS) is 19.4. The van der Waals surface area contributed by atoms with Crippen molar-refractivity contribution in [3.63, 3.8) is 0 Å². The summed E-state index contributed by atoms with van der Waals surface area (Å²) in [6, 6.07) is 23.7. The van der Waals surface area contributed by atoms with Crippen molar-refractivity contribution >= 4 is 12.0 Å². The van der Waals surface area contributed by atoms with Crippen LogP contribution in [0.1, 0.15) is 32.6 Å². The Kier molecular flexibility index (Phi) is 7.12. The van der Waals surface area contributed by atoms with Gasteiger partial charge in [0.1, 0.15) is 5.75 Å². The fourth-order valence-electron chi connectivity index (χ4n) is 5.74. The standard InChI is InChI=1S/C31H33N3O4/c35-30(34-21-26-7-5-4-6-24(26)19-28(34)22-32-14-16-37-17-15-32)25-11-10-23-12-13-33(20-27(23)18-25)31(36)38-29-8-2-1-3-9-29/h1-11,18,28H,12-17,19-22H2/t28-/m0/s1. The van der Waals surface area contributed by atoms with E-state index in [1.807, 2.05) is 41.3 Å². The van der Waals surface area contributed by atoms with Crippen LogP contribution in [0.15, 0.2) is 72.8 Å². The number of para-hydroxylation sites is 1. The maximum Gasteiger partial charge on any atom is 0.415 e. The number of ether oxygens (including phenoxy) is 2. The van der Waals surface area contributed by atoms with Gasteiger partial charge in [-0.05, 0) is 59.4 Å². The third kappa shape index (κ3) is 5.30. The van der Waals surface area contributed by atoms with E-state index in [9.17, 15) is 9.59 Å². The number of hydrogen-bond donors (Lipinski definition) is 0. The zero-order valence-corrected chi connectivity index (χ0v) is 21.6. The van der Waals surface area contributed by atoms with Crippen LogP contribution in [-0.2, 0) is 30.7 Å². The molecule has 1 fully saturated rings. The number of amides is 2. The topological polar surface area (TPSA) is 62.3 Å². The molecule has 0 aromatic heterocycles. The first-order chi connectivity index (χ1) is 18.6. The summed E-state index contributed by atoms with van der Waals surface area (Å²) in [6.45, 7) is 5.75. The van der Waals surface area contributed by atoms with Gasteiger partial charge in [0, 0.05) is 50.9 Å². The molecule has 0 radical (unpaired) electrons. The lowest BCUT2D eigenvalue weighted by atomic mass is 9.92. The summed E-state index contributed by atoms with van der Waals surface area (Å²) in [7, 11) is 0. The summed E-state index contributed by atoms with van der Waals surface area (Å²) in [4.78, 5) is 33.0. The van der Waals surface area contributed by atoms with Crippen molar-refractivity contribution in [2.75, 3.05) is 39.4 Å². The van der Waals surface area contributed by atoms with Gasteiger partial charge in [-0.1, -0.05) is 48.5 Å². The average molecular weight is 512 g/mol. The molecule has 1 saturated heterocycles. The van der Waals surface area contributed by atoms with Crippen molar-refractivity contribution < 1.29 is 19.1 Å². The molecule has 38 heavy (non-hydrogen) atoms. The monoisotopic (exact) mass is 511 g/mol. The molecule has 7 heteroatoms. The fraction of sp³-hybridized carbons (Fsp3) is 0.355. The van der Waals surface area contributed by atoms with Crippen molar-refractivity contribution in [3.8, 4) is 5.75 Å². The van der Waals surface area contributed by atoms with Gasteiger partial charge in [0.05, 0.1) is 13.2 Å². The molecule has 0 unspecified atom stereocenters. The van der Waals surface area contributed by atoms with Gasteiger partial charge in [0.25, 0.3) is 5.91 Å². The predicted molar refractivity (Wildman–Crippen MR) is 144 cm³/mol. The van der Waals surface area contributed by atoms with Crippen molar-refractivity contribution in [2.24, 2.45) is 0 Å². The van der Waals surface area contributed by atoms with E-state index in [4.69, 9.17) is 9.47 Å². The first-order valence-corrected chi connectivity index (χ1v) is 13.5. The van der Waals surface area contributed by atoms with Gasteiger partial charge in [-0.3, -0.25) is 9.69 Å². The largest absolute Gasteiger partial charge is 0.415 e. The highest BCUT2D eigenvalue weighted by atomic mass is 16.6. The summed E-state index contributed by atoms with van der Waals surface area (Å²) >= 11 is 0. The number of hydrogen-bond acceptors (Lipinski definition) is 5. The van der Waals surface area contributed by atoms with Crippen molar-refractivity contribution in [3.05, 3.63) is 101 Å². The van der Waals surface area contributed by atoms with Crippen LogP contribution in [-0.4, -0.2) is 72.1 Å². The van der Waals surface area contributed by atoms with Gasteiger partial charge in [-0.2, -0.15) is 0 Å². The Morgan fingerprint density at radius 1 is 0.816 bits per heavy atom. The zero-order valence-electron chi connectivity index (χ0n) is 21.6. The molecule has 0 N–H and O–H groups in total. The molecule has 196 valence electrons. The Labute approximate surface area is 223 Å². The highest BCUT2D eigenvalue weighted by Gasteiger charge is 2.32. The minimum Gasteiger partial charge on any atom is -0.410 e. The third-order valence-corrected chi connectivity index (χ3v) is 7.86. The Morgan fingerprint density at radius 3 is 2.39 bits per heavy atom. The van der Waals surface area contributed by atoms with Crippen LogP contribution in [0.3, 0.4) is 0 Å². The summed E-state index contributed by atoms with van der Waals surface area (Å²) in [6.07, 6.45) is 1.23. The molecular formula is C31H33N3O4. The SMILES string of the molecule is O=C(Oc1ccccc1)N1CCc2ccc(C(=O)N3Cc4ccccc4C[C@H]3CN3CCOCC3)cc2C1. The summed E-state index contributed by atoms with van der Waals surface area (Å²) in [5.41, 5.74) is 5.40. The third-order valence-electron chi connectivity index (χ3n) is 7.86. The summed E-state index contributed by atoms with van der Waals surface area (Å²) < 4.78 is 11.1. The van der Waals surface area contributed by atoms with Gasteiger partial charge in [-0.25, -0.2) is 4.79 Å². The Morgan fingerprint density at radius 2 is 1.58 bits per heavy atom. The number of nitrogens with zero attached hydrogens (tertiary/aromatic N) is 3. The summed E-state index contributed by atoms with van der Waals surface area (Å²) in [5.74, 6) is 0.577. The lowest BCUT2D eigenvalue weighted by Gasteiger charge is -2.40. The molecule has 0 saturated carbocycles. The molecule has 3 aromatic rings. The van der Waals surface area contributed by atoms with Crippen LogP contribution in [0, 0.1) is 0 Å². The first kappa shape index (κ1) is 24.6. The van der Waals surface area contributed by atoms with E-state index in [0.29, 0.717) is 30.9 Å². The number of benzene rings is 3. The molecule has 0 spiro atoms. The number of rotatable bonds is 4. The van der Waals surface area contributed by atoms with Crippen molar-refractivity contribution in [1.29, 1.82) is 0 Å². The van der Waals surface area contributed by atoms with E-state index < -0.39 is 0 Å². The maximum absolute atomic E-state index is 14.0. The van der Waals surface area contributed by atoms with Crippen LogP contribution >= 0.6 is 0 Å². The molecule has 2 amide bonds. The van der Waals surface area contributed by atoms with Gasteiger partial charge < -0.3 is 19.3 Å². The van der Waals surface area contributed by atoms with E-state index in [1.54, 1.807) is 17.0 Å². The van der Waals surface area contributed by atoms with Crippen LogP contribution in [0.25, 0.3) is 0 Å². The van der Waals surface area contributed by atoms with E-state index in [1.165, 1.54) is 16.7 Å². The molecule has 0 aliphatic carbocycles. The van der Waals surface area contributed by atoms with E-state index in [0.717, 1.165) is 51.3 Å². The average Bonchev–Trinajstić information content (AvgIpc) is 2.97. The number of carbonyl (C=O) groups excluding carboxylic acids is 2.